The molecule has 0 N–H and O–H groups in total. The predicted octanol–water partition coefficient (Wildman–Crippen LogP) is 0.773. The number of methoxy groups -OCH3 is 1. The van der Waals surface area contributed by atoms with Crippen LogP contribution in [0.2, 0.25) is 0 Å². The summed E-state index contributed by atoms with van der Waals surface area (Å²) in [5.41, 5.74) is 0.0170. The van der Waals surface area contributed by atoms with Crippen LogP contribution in [0.3, 0.4) is 0 Å². The highest BCUT2D eigenvalue weighted by molar-refractivity contribution is 5.69. The van der Waals surface area contributed by atoms with Crippen molar-refractivity contribution in [2.75, 3.05) is 40.1 Å². The fourth-order valence-electron chi connectivity index (χ4n) is 2.04. The third kappa shape index (κ3) is 3.87. The van der Waals surface area contributed by atoms with E-state index in [9.17, 15) is 4.79 Å². The molecule has 0 aromatic heterocycles. The molecule has 1 saturated heterocycles. The highest BCUT2D eigenvalue weighted by Crippen LogP contribution is 2.22. The molecule has 20 heavy (non-hydrogen) atoms. The summed E-state index contributed by atoms with van der Waals surface area (Å²) in [7, 11) is 1.56. The van der Waals surface area contributed by atoms with Gasteiger partial charge < -0.3 is 19.3 Å². The number of hydrogen-bond donors (Lipinski definition) is 0. The Morgan fingerprint density at radius 1 is 1.50 bits per heavy atom. The summed E-state index contributed by atoms with van der Waals surface area (Å²) in [4.78, 5) is 18.3. The van der Waals surface area contributed by atoms with E-state index in [1.165, 1.54) is 0 Å². The van der Waals surface area contributed by atoms with Crippen LogP contribution in [0.15, 0.2) is 11.5 Å². The number of esters is 1. The van der Waals surface area contributed by atoms with Crippen LogP contribution in [-0.4, -0.2) is 55.9 Å². The maximum absolute atomic E-state index is 11.4. The molecule has 7 nitrogen and oxygen atoms in total. The molecule has 0 atom stereocenters. The minimum atomic E-state index is -0.279. The Balaban J connectivity index is 2.81. The second kappa shape index (κ2) is 8.03. The molecule has 1 aliphatic rings. The lowest BCUT2D eigenvalue weighted by Crippen LogP contribution is -2.28. The van der Waals surface area contributed by atoms with E-state index in [0.717, 1.165) is 0 Å². The van der Waals surface area contributed by atoms with E-state index in [0.29, 0.717) is 38.8 Å². The largest absolute Gasteiger partial charge is 0.466 e. The van der Waals surface area contributed by atoms with Crippen LogP contribution >= 0.6 is 0 Å². The maximum Gasteiger partial charge on any atom is 0.307 e. The van der Waals surface area contributed by atoms with Crippen LogP contribution in [0.4, 0.5) is 0 Å². The van der Waals surface area contributed by atoms with Crippen molar-refractivity contribution in [2.45, 2.75) is 13.3 Å². The molecular weight excluding hydrogens is 260 g/mol. The third-order valence-corrected chi connectivity index (χ3v) is 2.84. The van der Waals surface area contributed by atoms with E-state index < -0.39 is 0 Å². The lowest BCUT2D eigenvalue weighted by Gasteiger charge is -2.24. The predicted molar refractivity (Wildman–Crippen MR) is 70.6 cm³/mol. The van der Waals surface area contributed by atoms with Crippen molar-refractivity contribution >= 4 is 5.97 Å². The molecule has 1 fully saturated rings. The summed E-state index contributed by atoms with van der Waals surface area (Å²) < 4.78 is 9.95. The van der Waals surface area contributed by atoms with E-state index in [1.807, 2.05) is 15.9 Å². The second-order valence-corrected chi connectivity index (χ2v) is 4.12. The highest BCUT2D eigenvalue weighted by atomic mass is 16.5. The Bertz CT molecular complexity index is 445. The summed E-state index contributed by atoms with van der Waals surface area (Å²) in [5.74, 6) is 0.256. The molecule has 0 unspecified atom stereocenters. The van der Waals surface area contributed by atoms with Crippen molar-refractivity contribution in [1.29, 1.82) is 5.26 Å². The summed E-state index contributed by atoms with van der Waals surface area (Å²) >= 11 is 0. The van der Waals surface area contributed by atoms with Gasteiger partial charge >= 0.3 is 11.7 Å². The SMILES string of the molecule is [C-]#[N+]C(C#N)=C1N(CCC(=O)OCC)CCN1COC. The van der Waals surface area contributed by atoms with Crippen molar-refractivity contribution < 1.29 is 14.3 Å². The van der Waals surface area contributed by atoms with Crippen molar-refractivity contribution in [1.82, 2.24) is 9.80 Å². The van der Waals surface area contributed by atoms with E-state index in [1.54, 1.807) is 14.0 Å². The van der Waals surface area contributed by atoms with Gasteiger partial charge in [0.1, 0.15) is 12.6 Å². The molecule has 0 amide bonds. The number of rotatable bonds is 6. The van der Waals surface area contributed by atoms with Gasteiger partial charge in [-0.1, -0.05) is 0 Å². The summed E-state index contributed by atoms with van der Waals surface area (Å²) in [6.45, 7) is 11.2. The third-order valence-electron chi connectivity index (χ3n) is 2.84. The van der Waals surface area contributed by atoms with Gasteiger partial charge in [0.25, 0.3) is 0 Å². The van der Waals surface area contributed by atoms with Crippen molar-refractivity contribution in [2.24, 2.45) is 0 Å². The summed E-state index contributed by atoms with van der Waals surface area (Å²) in [6, 6.07) is 1.90. The molecule has 0 aliphatic carbocycles. The Kier molecular flexibility index (Phi) is 6.34. The minimum Gasteiger partial charge on any atom is -0.466 e. The van der Waals surface area contributed by atoms with Gasteiger partial charge in [-0.3, -0.25) is 4.79 Å². The smallest absolute Gasteiger partial charge is 0.307 e. The second-order valence-electron chi connectivity index (χ2n) is 4.12. The molecule has 0 aromatic rings. The zero-order valence-corrected chi connectivity index (χ0v) is 11.8. The van der Waals surface area contributed by atoms with Crippen LogP contribution < -0.4 is 0 Å². The minimum absolute atomic E-state index is 0.0170. The lowest BCUT2D eigenvalue weighted by atomic mass is 10.3. The lowest BCUT2D eigenvalue weighted by molar-refractivity contribution is -0.143. The van der Waals surface area contributed by atoms with E-state index in [-0.39, 0.29) is 18.1 Å². The van der Waals surface area contributed by atoms with Gasteiger partial charge in [-0.25, -0.2) is 10.1 Å². The first-order valence-electron chi connectivity index (χ1n) is 6.34. The van der Waals surface area contributed by atoms with Gasteiger partial charge in [-0.15, -0.1) is 0 Å². The number of hydrogen-bond acceptors (Lipinski definition) is 6. The quantitative estimate of drug-likeness (QED) is 0.406. The Hall–Kier alpha value is -2.25. The first kappa shape index (κ1) is 15.8. The maximum atomic E-state index is 11.4. The molecule has 0 aromatic carbocycles. The zero-order valence-electron chi connectivity index (χ0n) is 11.8. The first-order chi connectivity index (χ1) is 9.67. The number of ether oxygens (including phenoxy) is 2. The molecule has 1 aliphatic heterocycles. The van der Waals surface area contributed by atoms with Gasteiger partial charge in [-0.05, 0) is 6.92 Å². The molecule has 1 heterocycles. The molecule has 7 heteroatoms. The van der Waals surface area contributed by atoms with Crippen LogP contribution in [0.5, 0.6) is 0 Å². The Morgan fingerprint density at radius 3 is 2.75 bits per heavy atom. The van der Waals surface area contributed by atoms with Crippen LogP contribution in [-0.2, 0) is 14.3 Å². The van der Waals surface area contributed by atoms with Crippen LogP contribution in [0, 0.1) is 17.9 Å². The fourth-order valence-corrected chi connectivity index (χ4v) is 2.04. The molecule has 0 radical (unpaired) electrons. The monoisotopic (exact) mass is 278 g/mol. The highest BCUT2D eigenvalue weighted by Gasteiger charge is 2.28. The van der Waals surface area contributed by atoms with Crippen LogP contribution in [0.25, 0.3) is 4.85 Å². The first-order valence-corrected chi connectivity index (χ1v) is 6.34. The van der Waals surface area contributed by atoms with Crippen molar-refractivity contribution in [3.05, 3.63) is 22.9 Å². The van der Waals surface area contributed by atoms with E-state index in [4.69, 9.17) is 21.3 Å². The standard InChI is InChI=1S/C13H18N4O3/c1-4-20-12(18)5-6-16-7-8-17(10-19-3)13(16)11(9-14)15-2/h4-8,10H2,1,3H3. The normalized spacial score (nSPS) is 16.6. The van der Waals surface area contributed by atoms with Gasteiger partial charge in [0.05, 0.1) is 25.7 Å². The summed E-state index contributed by atoms with van der Waals surface area (Å²) in [6.07, 6.45) is 0.231. The average Bonchev–Trinajstić information content (AvgIpc) is 2.82. The van der Waals surface area contributed by atoms with Crippen molar-refractivity contribution in [3.63, 3.8) is 0 Å². The molecular formula is C13H18N4O3. The number of carbonyl (C=O) groups is 1. The Labute approximate surface area is 118 Å². The fraction of sp³-hybridized carbons (Fsp3) is 0.615. The van der Waals surface area contributed by atoms with E-state index >= 15 is 0 Å². The number of nitriles is 1. The summed E-state index contributed by atoms with van der Waals surface area (Å²) in [5, 5.41) is 9.04. The number of nitrogens with zero attached hydrogens (tertiary/aromatic N) is 4. The van der Waals surface area contributed by atoms with Crippen molar-refractivity contribution in [3.8, 4) is 6.07 Å². The van der Waals surface area contributed by atoms with Gasteiger partial charge in [-0.2, -0.15) is 0 Å². The van der Waals surface area contributed by atoms with E-state index in [2.05, 4.69) is 4.85 Å². The van der Waals surface area contributed by atoms with Gasteiger partial charge in [0, 0.05) is 26.7 Å². The zero-order chi connectivity index (χ0) is 15.0. The molecule has 1 rings (SSSR count). The molecule has 0 spiro atoms. The molecule has 0 saturated carbocycles. The molecule has 0 bridgehead atoms. The van der Waals surface area contributed by atoms with Crippen LogP contribution in [0.1, 0.15) is 13.3 Å². The topological polar surface area (TPSA) is 70.2 Å². The van der Waals surface area contributed by atoms with Gasteiger partial charge in [0.15, 0.2) is 0 Å². The van der Waals surface area contributed by atoms with Gasteiger partial charge in [0.2, 0.25) is 0 Å². The number of allylic oxidation sites excluding steroid dienone is 1. The average molecular weight is 278 g/mol. The molecule has 108 valence electrons. The number of carbonyl (C=O) groups excluding carboxylic acids is 1. The Morgan fingerprint density at radius 2 is 2.20 bits per heavy atom.